The second kappa shape index (κ2) is 4.06. The van der Waals surface area contributed by atoms with Gasteiger partial charge in [0, 0.05) is 4.47 Å². The Bertz CT molecular complexity index is 734. The van der Waals surface area contributed by atoms with Crippen LogP contribution in [0.5, 0.6) is 0 Å². The van der Waals surface area contributed by atoms with Gasteiger partial charge in [-0.1, -0.05) is 15.9 Å². The van der Waals surface area contributed by atoms with Crippen LogP contribution in [-0.4, -0.2) is 19.7 Å². The lowest BCUT2D eigenvalue weighted by Crippen LogP contribution is -2.01. The first-order valence-electron chi connectivity index (χ1n) is 5.37. The zero-order valence-electron chi connectivity index (χ0n) is 9.63. The monoisotopic (exact) mass is 303 g/mol. The fourth-order valence-corrected chi connectivity index (χ4v) is 2.37. The van der Waals surface area contributed by atoms with Crippen molar-refractivity contribution in [2.24, 2.45) is 0 Å². The van der Waals surface area contributed by atoms with Crippen LogP contribution in [0, 0.1) is 6.92 Å². The first kappa shape index (κ1) is 11.2. The fraction of sp³-hybridized carbons (Fsp3) is 0.0833. The third-order valence-electron chi connectivity index (χ3n) is 2.78. The number of nitrogens with two attached hydrogens (primary N) is 1. The van der Waals surface area contributed by atoms with Gasteiger partial charge in [-0.2, -0.15) is 5.10 Å². The molecule has 2 N–H and O–H groups in total. The number of aromatic nitrogens is 4. The third-order valence-corrected chi connectivity index (χ3v) is 3.28. The van der Waals surface area contributed by atoms with Crippen molar-refractivity contribution >= 4 is 32.8 Å². The number of hydrogen-bond donors (Lipinski definition) is 1. The SMILES string of the molecule is Cc1cc(Br)ccc1-n1ncc2c(N)ncnc21. The number of fused-ring (bicyclic) bond motifs is 1. The Hall–Kier alpha value is -1.95. The van der Waals surface area contributed by atoms with Gasteiger partial charge in [0.2, 0.25) is 0 Å². The summed E-state index contributed by atoms with van der Waals surface area (Å²) < 4.78 is 2.81. The molecule has 18 heavy (non-hydrogen) atoms. The maximum atomic E-state index is 5.80. The van der Waals surface area contributed by atoms with Crippen molar-refractivity contribution in [3.63, 3.8) is 0 Å². The Morgan fingerprint density at radius 1 is 1.28 bits per heavy atom. The minimum atomic E-state index is 0.445. The van der Waals surface area contributed by atoms with Crippen LogP contribution in [0.2, 0.25) is 0 Å². The van der Waals surface area contributed by atoms with Gasteiger partial charge in [0.1, 0.15) is 12.1 Å². The highest BCUT2D eigenvalue weighted by atomic mass is 79.9. The first-order chi connectivity index (χ1) is 8.66. The van der Waals surface area contributed by atoms with Crippen LogP contribution < -0.4 is 5.73 Å². The highest BCUT2D eigenvalue weighted by Gasteiger charge is 2.10. The second-order valence-electron chi connectivity index (χ2n) is 3.98. The average Bonchev–Trinajstić information content (AvgIpc) is 2.74. The molecule has 0 saturated heterocycles. The molecule has 90 valence electrons. The molecule has 0 bridgehead atoms. The molecular weight excluding hydrogens is 294 g/mol. The number of benzene rings is 1. The first-order valence-corrected chi connectivity index (χ1v) is 6.17. The number of anilines is 1. The zero-order chi connectivity index (χ0) is 12.7. The average molecular weight is 304 g/mol. The standard InChI is InChI=1S/C12H10BrN5/c1-7-4-8(13)2-3-10(7)18-12-9(5-17-18)11(14)15-6-16-12/h2-6H,1H3,(H2,14,15,16). The van der Waals surface area contributed by atoms with E-state index in [-0.39, 0.29) is 0 Å². The Morgan fingerprint density at radius 2 is 2.11 bits per heavy atom. The fourth-order valence-electron chi connectivity index (χ4n) is 1.90. The summed E-state index contributed by atoms with van der Waals surface area (Å²) >= 11 is 3.45. The molecule has 1 aromatic carbocycles. The van der Waals surface area contributed by atoms with Gasteiger partial charge in [-0.3, -0.25) is 0 Å². The van der Waals surface area contributed by atoms with E-state index in [2.05, 4.69) is 31.0 Å². The number of halogens is 1. The molecule has 5 nitrogen and oxygen atoms in total. The molecule has 0 spiro atoms. The lowest BCUT2D eigenvalue weighted by molar-refractivity contribution is 0.887. The minimum Gasteiger partial charge on any atom is -0.383 e. The van der Waals surface area contributed by atoms with Gasteiger partial charge in [-0.05, 0) is 30.7 Å². The van der Waals surface area contributed by atoms with Crippen LogP contribution >= 0.6 is 15.9 Å². The third kappa shape index (κ3) is 1.65. The molecule has 0 aliphatic carbocycles. The zero-order valence-corrected chi connectivity index (χ0v) is 11.2. The Labute approximate surface area is 112 Å². The Morgan fingerprint density at radius 3 is 2.89 bits per heavy atom. The smallest absolute Gasteiger partial charge is 0.168 e. The van der Waals surface area contributed by atoms with Crippen molar-refractivity contribution in [3.8, 4) is 5.69 Å². The summed E-state index contributed by atoms with van der Waals surface area (Å²) in [4.78, 5) is 8.20. The quantitative estimate of drug-likeness (QED) is 0.750. The van der Waals surface area contributed by atoms with E-state index in [0.29, 0.717) is 11.5 Å². The van der Waals surface area contributed by atoms with Crippen LogP contribution in [0.15, 0.2) is 35.2 Å². The van der Waals surface area contributed by atoms with E-state index < -0.39 is 0 Å². The molecule has 0 aliphatic heterocycles. The summed E-state index contributed by atoms with van der Waals surface area (Å²) in [7, 11) is 0. The number of nitrogen functional groups attached to an aromatic ring is 1. The van der Waals surface area contributed by atoms with Crippen LogP contribution in [0.4, 0.5) is 5.82 Å². The molecule has 2 heterocycles. The Kier molecular flexibility index (Phi) is 2.52. The van der Waals surface area contributed by atoms with Gasteiger partial charge in [-0.25, -0.2) is 14.6 Å². The van der Waals surface area contributed by atoms with Crippen molar-refractivity contribution in [2.45, 2.75) is 6.92 Å². The predicted octanol–water partition coefficient (Wildman–Crippen LogP) is 2.47. The summed E-state index contributed by atoms with van der Waals surface area (Å²) in [6.07, 6.45) is 3.14. The lowest BCUT2D eigenvalue weighted by Gasteiger charge is -2.07. The van der Waals surface area contributed by atoms with E-state index in [1.807, 2.05) is 25.1 Å². The van der Waals surface area contributed by atoms with Crippen LogP contribution in [0.1, 0.15) is 5.56 Å². The van der Waals surface area contributed by atoms with E-state index in [0.717, 1.165) is 21.1 Å². The maximum absolute atomic E-state index is 5.80. The topological polar surface area (TPSA) is 69.6 Å². The summed E-state index contributed by atoms with van der Waals surface area (Å²) in [5.41, 5.74) is 8.59. The second-order valence-corrected chi connectivity index (χ2v) is 4.90. The van der Waals surface area contributed by atoms with Gasteiger partial charge >= 0.3 is 0 Å². The summed E-state index contributed by atoms with van der Waals surface area (Å²) in [5.74, 6) is 0.445. The van der Waals surface area contributed by atoms with Crippen molar-refractivity contribution in [1.82, 2.24) is 19.7 Å². The molecule has 0 fully saturated rings. The largest absolute Gasteiger partial charge is 0.383 e. The molecule has 0 saturated carbocycles. The summed E-state index contributed by atoms with van der Waals surface area (Å²) in [6, 6.07) is 6.00. The molecule has 0 amide bonds. The molecule has 0 aliphatic rings. The number of nitrogens with zero attached hydrogens (tertiary/aromatic N) is 4. The molecular formula is C12H10BrN5. The highest BCUT2D eigenvalue weighted by Crippen LogP contribution is 2.23. The molecule has 3 aromatic rings. The molecule has 6 heteroatoms. The lowest BCUT2D eigenvalue weighted by atomic mass is 10.2. The predicted molar refractivity (Wildman–Crippen MR) is 73.5 cm³/mol. The molecule has 0 atom stereocenters. The van der Waals surface area contributed by atoms with E-state index in [4.69, 9.17) is 5.73 Å². The molecule has 0 unspecified atom stereocenters. The van der Waals surface area contributed by atoms with Crippen molar-refractivity contribution < 1.29 is 0 Å². The van der Waals surface area contributed by atoms with Gasteiger partial charge in [0.05, 0.1) is 17.3 Å². The highest BCUT2D eigenvalue weighted by molar-refractivity contribution is 9.10. The van der Waals surface area contributed by atoms with Gasteiger partial charge in [0.15, 0.2) is 5.65 Å². The number of hydrogen-bond acceptors (Lipinski definition) is 4. The molecule has 3 rings (SSSR count). The minimum absolute atomic E-state index is 0.445. The van der Waals surface area contributed by atoms with Gasteiger partial charge in [0.25, 0.3) is 0 Å². The van der Waals surface area contributed by atoms with Crippen LogP contribution in [-0.2, 0) is 0 Å². The summed E-state index contributed by atoms with van der Waals surface area (Å²) in [5, 5.41) is 5.10. The van der Waals surface area contributed by atoms with E-state index in [9.17, 15) is 0 Å². The van der Waals surface area contributed by atoms with Crippen LogP contribution in [0.3, 0.4) is 0 Å². The van der Waals surface area contributed by atoms with E-state index in [1.165, 1.54) is 6.33 Å². The van der Waals surface area contributed by atoms with Gasteiger partial charge < -0.3 is 5.73 Å². The van der Waals surface area contributed by atoms with Gasteiger partial charge in [-0.15, -0.1) is 0 Å². The van der Waals surface area contributed by atoms with E-state index in [1.54, 1.807) is 10.9 Å². The Balaban J connectivity index is 2.29. The summed E-state index contributed by atoms with van der Waals surface area (Å²) in [6.45, 7) is 2.03. The van der Waals surface area contributed by atoms with Crippen molar-refractivity contribution in [2.75, 3.05) is 5.73 Å². The van der Waals surface area contributed by atoms with Crippen LogP contribution in [0.25, 0.3) is 16.7 Å². The van der Waals surface area contributed by atoms with Crippen molar-refractivity contribution in [3.05, 3.63) is 40.8 Å². The van der Waals surface area contributed by atoms with Crippen molar-refractivity contribution in [1.29, 1.82) is 0 Å². The maximum Gasteiger partial charge on any atom is 0.168 e. The number of aryl methyl sites for hydroxylation is 1. The molecule has 0 radical (unpaired) electrons. The number of rotatable bonds is 1. The molecule has 2 aromatic heterocycles. The van der Waals surface area contributed by atoms with E-state index >= 15 is 0 Å². The normalized spacial score (nSPS) is 11.0.